The predicted octanol–water partition coefficient (Wildman–Crippen LogP) is 0.328. The van der Waals surface area contributed by atoms with Gasteiger partial charge in [0.05, 0.1) is 31.2 Å². The third-order valence-electron chi connectivity index (χ3n) is 2.40. The lowest BCUT2D eigenvalue weighted by Gasteiger charge is -2.22. The van der Waals surface area contributed by atoms with Crippen molar-refractivity contribution in [3.63, 3.8) is 0 Å². The SMILES string of the molecule is Nc1cc(O)ccc1NC(=O)C1COCCO1. The summed E-state index contributed by atoms with van der Waals surface area (Å²) in [5.41, 5.74) is 6.40. The third-order valence-corrected chi connectivity index (χ3v) is 2.40. The quantitative estimate of drug-likeness (QED) is 0.510. The molecular weight excluding hydrogens is 224 g/mol. The average Bonchev–Trinajstić information content (AvgIpc) is 2.34. The molecule has 1 aliphatic heterocycles. The monoisotopic (exact) mass is 238 g/mol. The molecule has 0 aromatic heterocycles. The maximum absolute atomic E-state index is 11.8. The number of amides is 1. The first kappa shape index (κ1) is 11.7. The number of nitrogen functional groups attached to an aromatic ring is 1. The van der Waals surface area contributed by atoms with E-state index in [2.05, 4.69) is 5.32 Å². The van der Waals surface area contributed by atoms with Crippen molar-refractivity contribution in [2.24, 2.45) is 0 Å². The number of carbonyl (C=O) groups is 1. The van der Waals surface area contributed by atoms with Gasteiger partial charge in [-0.25, -0.2) is 0 Å². The van der Waals surface area contributed by atoms with Crippen LogP contribution in [0.3, 0.4) is 0 Å². The van der Waals surface area contributed by atoms with E-state index in [1.807, 2.05) is 0 Å². The van der Waals surface area contributed by atoms with Crippen LogP contribution < -0.4 is 11.1 Å². The van der Waals surface area contributed by atoms with Crippen LogP contribution in [0, 0.1) is 0 Å². The highest BCUT2D eigenvalue weighted by molar-refractivity contribution is 5.97. The summed E-state index contributed by atoms with van der Waals surface area (Å²) < 4.78 is 10.4. The molecule has 1 aliphatic rings. The fourth-order valence-corrected chi connectivity index (χ4v) is 1.52. The Labute approximate surface area is 98.3 Å². The summed E-state index contributed by atoms with van der Waals surface area (Å²) in [6, 6.07) is 4.35. The Balaban J connectivity index is 2.02. The molecular formula is C11H14N2O4. The number of aromatic hydroxyl groups is 1. The molecule has 1 aromatic rings. The minimum absolute atomic E-state index is 0.0535. The van der Waals surface area contributed by atoms with Crippen LogP contribution in [0.5, 0.6) is 5.75 Å². The number of phenols is 1. The van der Waals surface area contributed by atoms with Crippen molar-refractivity contribution >= 4 is 17.3 Å². The molecule has 4 N–H and O–H groups in total. The van der Waals surface area contributed by atoms with Crippen LogP contribution in [0.15, 0.2) is 18.2 Å². The van der Waals surface area contributed by atoms with Gasteiger partial charge < -0.3 is 25.6 Å². The van der Waals surface area contributed by atoms with Crippen LogP contribution in [-0.4, -0.2) is 36.9 Å². The van der Waals surface area contributed by atoms with Gasteiger partial charge in [-0.1, -0.05) is 0 Å². The summed E-state index contributed by atoms with van der Waals surface area (Å²) in [6.45, 7) is 1.15. The van der Waals surface area contributed by atoms with Gasteiger partial charge in [0.1, 0.15) is 5.75 Å². The summed E-state index contributed by atoms with van der Waals surface area (Å²) in [5, 5.41) is 11.8. The molecule has 92 valence electrons. The number of hydrogen-bond donors (Lipinski definition) is 3. The minimum Gasteiger partial charge on any atom is -0.508 e. The van der Waals surface area contributed by atoms with Crippen LogP contribution in [-0.2, 0) is 14.3 Å². The van der Waals surface area contributed by atoms with Crippen LogP contribution >= 0.6 is 0 Å². The molecule has 2 rings (SSSR count). The van der Waals surface area contributed by atoms with Crippen LogP contribution in [0.2, 0.25) is 0 Å². The summed E-state index contributed by atoms with van der Waals surface area (Å²) in [5.74, 6) is -0.250. The number of ether oxygens (including phenoxy) is 2. The fraction of sp³-hybridized carbons (Fsp3) is 0.364. The van der Waals surface area contributed by atoms with Gasteiger partial charge in [-0.2, -0.15) is 0 Å². The third kappa shape index (κ3) is 2.86. The van der Waals surface area contributed by atoms with Crippen LogP contribution in [0.4, 0.5) is 11.4 Å². The minimum atomic E-state index is -0.614. The number of hydrogen-bond acceptors (Lipinski definition) is 5. The van der Waals surface area contributed by atoms with Gasteiger partial charge in [0, 0.05) is 6.07 Å². The van der Waals surface area contributed by atoms with Gasteiger partial charge >= 0.3 is 0 Å². The molecule has 1 atom stereocenters. The van der Waals surface area contributed by atoms with Crippen molar-refractivity contribution in [1.29, 1.82) is 0 Å². The zero-order valence-corrected chi connectivity index (χ0v) is 9.18. The lowest BCUT2D eigenvalue weighted by molar-refractivity contribution is -0.142. The van der Waals surface area contributed by atoms with E-state index >= 15 is 0 Å². The number of carbonyl (C=O) groups excluding carboxylic acids is 1. The number of anilines is 2. The second-order valence-electron chi connectivity index (χ2n) is 3.70. The zero-order chi connectivity index (χ0) is 12.3. The number of nitrogens with two attached hydrogens (primary N) is 1. The Kier molecular flexibility index (Phi) is 3.46. The van der Waals surface area contributed by atoms with Gasteiger partial charge in [0.2, 0.25) is 0 Å². The lowest BCUT2D eigenvalue weighted by Crippen LogP contribution is -2.39. The maximum Gasteiger partial charge on any atom is 0.255 e. The zero-order valence-electron chi connectivity index (χ0n) is 9.18. The molecule has 0 saturated carbocycles. The Morgan fingerprint density at radius 1 is 1.47 bits per heavy atom. The van der Waals surface area contributed by atoms with Gasteiger partial charge in [-0.15, -0.1) is 0 Å². The second-order valence-corrected chi connectivity index (χ2v) is 3.70. The van der Waals surface area contributed by atoms with Crippen LogP contribution in [0.1, 0.15) is 0 Å². The Morgan fingerprint density at radius 2 is 2.29 bits per heavy atom. The molecule has 1 saturated heterocycles. The van der Waals surface area contributed by atoms with Gasteiger partial charge in [-0.3, -0.25) is 4.79 Å². The molecule has 0 aliphatic carbocycles. The van der Waals surface area contributed by atoms with Gasteiger partial charge in [0.25, 0.3) is 5.91 Å². The van der Waals surface area contributed by atoms with E-state index in [-0.39, 0.29) is 18.3 Å². The topological polar surface area (TPSA) is 93.8 Å². The normalized spacial score (nSPS) is 19.9. The van der Waals surface area contributed by atoms with E-state index in [1.54, 1.807) is 0 Å². The van der Waals surface area contributed by atoms with E-state index < -0.39 is 6.10 Å². The number of nitrogens with one attached hydrogen (secondary N) is 1. The second kappa shape index (κ2) is 5.03. The molecule has 0 spiro atoms. The maximum atomic E-state index is 11.8. The first-order chi connectivity index (χ1) is 8.16. The largest absolute Gasteiger partial charge is 0.508 e. The molecule has 17 heavy (non-hydrogen) atoms. The Morgan fingerprint density at radius 3 is 2.94 bits per heavy atom. The Bertz CT molecular complexity index is 416. The fourth-order valence-electron chi connectivity index (χ4n) is 1.52. The van der Waals surface area contributed by atoms with E-state index in [0.29, 0.717) is 24.6 Å². The first-order valence-electron chi connectivity index (χ1n) is 5.25. The summed E-state index contributed by atoms with van der Waals surface area (Å²) >= 11 is 0. The summed E-state index contributed by atoms with van der Waals surface area (Å²) in [6.07, 6.45) is -0.614. The van der Waals surface area contributed by atoms with E-state index in [0.717, 1.165) is 0 Å². The number of rotatable bonds is 2. The van der Waals surface area contributed by atoms with Crippen molar-refractivity contribution in [3.05, 3.63) is 18.2 Å². The molecule has 6 nitrogen and oxygen atoms in total. The van der Waals surface area contributed by atoms with Crippen molar-refractivity contribution in [2.75, 3.05) is 30.9 Å². The van der Waals surface area contributed by atoms with Crippen LogP contribution in [0.25, 0.3) is 0 Å². The highest BCUT2D eigenvalue weighted by Gasteiger charge is 2.23. The van der Waals surface area contributed by atoms with E-state index in [9.17, 15) is 9.90 Å². The average molecular weight is 238 g/mol. The molecule has 1 fully saturated rings. The number of benzene rings is 1. The van der Waals surface area contributed by atoms with Crippen molar-refractivity contribution in [1.82, 2.24) is 0 Å². The number of phenolic OH excluding ortho intramolecular Hbond substituents is 1. The molecule has 1 unspecified atom stereocenters. The Hall–Kier alpha value is -1.79. The van der Waals surface area contributed by atoms with Gasteiger partial charge in [0.15, 0.2) is 6.10 Å². The predicted molar refractivity (Wildman–Crippen MR) is 61.7 cm³/mol. The highest BCUT2D eigenvalue weighted by atomic mass is 16.6. The molecule has 1 amide bonds. The molecule has 1 aromatic carbocycles. The smallest absolute Gasteiger partial charge is 0.255 e. The molecule has 0 radical (unpaired) electrons. The molecule has 1 heterocycles. The molecule has 0 bridgehead atoms. The van der Waals surface area contributed by atoms with Crippen molar-refractivity contribution < 1.29 is 19.4 Å². The van der Waals surface area contributed by atoms with Crippen molar-refractivity contribution in [3.8, 4) is 5.75 Å². The first-order valence-corrected chi connectivity index (χ1v) is 5.25. The summed E-state index contributed by atoms with van der Waals surface area (Å²) in [7, 11) is 0. The van der Waals surface area contributed by atoms with Gasteiger partial charge in [-0.05, 0) is 12.1 Å². The highest BCUT2D eigenvalue weighted by Crippen LogP contribution is 2.23. The van der Waals surface area contributed by atoms with E-state index in [4.69, 9.17) is 15.2 Å². The standard InChI is InChI=1S/C11H14N2O4/c12-8-5-7(14)1-2-9(8)13-11(15)10-6-16-3-4-17-10/h1-2,5,10,14H,3-4,6,12H2,(H,13,15). The lowest BCUT2D eigenvalue weighted by atomic mass is 10.2. The summed E-state index contributed by atoms with van der Waals surface area (Å²) in [4.78, 5) is 11.8. The van der Waals surface area contributed by atoms with Crippen molar-refractivity contribution in [2.45, 2.75) is 6.10 Å². The molecule has 6 heteroatoms. The van der Waals surface area contributed by atoms with E-state index in [1.165, 1.54) is 18.2 Å².